The van der Waals surface area contributed by atoms with E-state index in [0.717, 1.165) is 11.3 Å². The molecule has 110 valence electrons. The number of hydrogen-bond acceptors (Lipinski definition) is 4. The van der Waals surface area contributed by atoms with Crippen LogP contribution in [0.25, 0.3) is 0 Å². The molecule has 5 nitrogen and oxygen atoms in total. The maximum atomic E-state index is 12.3. The Morgan fingerprint density at radius 2 is 2.05 bits per heavy atom. The number of hydrogen-bond donors (Lipinski definition) is 0. The number of ether oxygens (including phenoxy) is 2. The predicted octanol–water partition coefficient (Wildman–Crippen LogP) is 3.32. The maximum absolute atomic E-state index is 12.3. The third-order valence-corrected chi connectivity index (χ3v) is 3.47. The minimum absolute atomic E-state index is 0.193. The molecule has 1 amide bonds. The lowest BCUT2D eigenvalue weighted by Crippen LogP contribution is -2.29. The Kier molecular flexibility index (Phi) is 3.75. The van der Waals surface area contributed by atoms with Gasteiger partial charge in [0.1, 0.15) is 0 Å². The summed E-state index contributed by atoms with van der Waals surface area (Å²) in [5.74, 6) is 1.48. The van der Waals surface area contributed by atoms with Gasteiger partial charge in [-0.2, -0.15) is 0 Å². The summed E-state index contributed by atoms with van der Waals surface area (Å²) in [4.78, 5) is 14.0. The van der Waals surface area contributed by atoms with Crippen LogP contribution < -0.4 is 9.47 Å². The van der Waals surface area contributed by atoms with E-state index in [9.17, 15) is 4.79 Å². The Morgan fingerprint density at radius 1 is 1.24 bits per heavy atom. The highest BCUT2D eigenvalue weighted by atomic mass is 35.5. The highest BCUT2D eigenvalue weighted by Gasteiger charge is 2.20. The lowest BCUT2D eigenvalue weighted by molar-refractivity contribution is 0.0720. The first-order valence-corrected chi connectivity index (χ1v) is 6.98. The van der Waals surface area contributed by atoms with Crippen molar-refractivity contribution in [2.45, 2.75) is 13.5 Å². The van der Waals surface area contributed by atoms with Gasteiger partial charge in [-0.05, 0) is 48.4 Å². The van der Waals surface area contributed by atoms with Crippen molar-refractivity contribution in [1.82, 2.24) is 4.90 Å². The Balaban J connectivity index is 1.76. The number of fused-ring (bicyclic) bond motifs is 1. The zero-order valence-electron chi connectivity index (χ0n) is 11.5. The van der Waals surface area contributed by atoms with Crippen molar-refractivity contribution >= 4 is 17.5 Å². The van der Waals surface area contributed by atoms with E-state index < -0.39 is 0 Å². The average Bonchev–Trinajstić information content (AvgIpc) is 3.12. The average molecular weight is 308 g/mol. The third-order valence-electron chi connectivity index (χ3n) is 3.26. The number of nitrogens with zero attached hydrogens (tertiary/aromatic N) is 1. The molecule has 0 aliphatic carbocycles. The topological polar surface area (TPSA) is 51.9 Å². The first kappa shape index (κ1) is 13.8. The van der Waals surface area contributed by atoms with Crippen molar-refractivity contribution in [3.8, 4) is 11.5 Å². The van der Waals surface area contributed by atoms with Crippen LogP contribution in [0.2, 0.25) is 5.22 Å². The summed E-state index contributed by atoms with van der Waals surface area (Å²) in [5, 5.41) is 0.206. The van der Waals surface area contributed by atoms with Crippen LogP contribution in [0, 0.1) is 0 Å². The number of furan rings is 1. The molecule has 21 heavy (non-hydrogen) atoms. The molecule has 0 fully saturated rings. The third kappa shape index (κ3) is 2.83. The fourth-order valence-electron chi connectivity index (χ4n) is 2.17. The van der Waals surface area contributed by atoms with Gasteiger partial charge in [-0.15, -0.1) is 0 Å². The lowest BCUT2D eigenvalue weighted by atomic mass is 10.2. The van der Waals surface area contributed by atoms with E-state index in [1.165, 1.54) is 0 Å². The Bertz CT molecular complexity index is 667. The minimum Gasteiger partial charge on any atom is -0.454 e. The number of carbonyl (C=O) groups is 1. The van der Waals surface area contributed by atoms with E-state index in [1.54, 1.807) is 17.0 Å². The van der Waals surface area contributed by atoms with E-state index >= 15 is 0 Å². The summed E-state index contributed by atoms with van der Waals surface area (Å²) in [5.41, 5.74) is 0.965. The number of benzene rings is 1. The van der Waals surface area contributed by atoms with Crippen molar-refractivity contribution in [2.75, 3.05) is 13.3 Å². The minimum atomic E-state index is -0.193. The van der Waals surface area contributed by atoms with Gasteiger partial charge in [-0.25, -0.2) is 0 Å². The quantitative estimate of drug-likeness (QED) is 0.869. The largest absolute Gasteiger partial charge is 0.454 e. The van der Waals surface area contributed by atoms with E-state index in [2.05, 4.69) is 0 Å². The van der Waals surface area contributed by atoms with Crippen molar-refractivity contribution in [2.24, 2.45) is 0 Å². The standard InChI is InChI=1S/C15H14ClNO4/c1-2-17(15(18)12-5-6-14(16)21-12)8-10-3-4-11-13(7-10)20-9-19-11/h3-7H,2,8-9H2,1H3. The summed E-state index contributed by atoms with van der Waals surface area (Å²) in [7, 11) is 0. The summed E-state index contributed by atoms with van der Waals surface area (Å²) in [6.07, 6.45) is 0. The molecule has 0 unspecified atom stereocenters. The zero-order valence-corrected chi connectivity index (χ0v) is 12.2. The molecular weight excluding hydrogens is 294 g/mol. The molecule has 1 aliphatic heterocycles. The molecular formula is C15H14ClNO4. The van der Waals surface area contributed by atoms with Crippen molar-refractivity contribution in [3.63, 3.8) is 0 Å². The maximum Gasteiger partial charge on any atom is 0.289 e. The SMILES string of the molecule is CCN(Cc1ccc2c(c1)OCO2)C(=O)c1ccc(Cl)o1. The first-order valence-electron chi connectivity index (χ1n) is 6.60. The van der Waals surface area contributed by atoms with Crippen LogP contribution >= 0.6 is 11.6 Å². The molecule has 0 radical (unpaired) electrons. The summed E-state index contributed by atoms with van der Waals surface area (Å²) >= 11 is 5.71. The van der Waals surface area contributed by atoms with Crippen LogP contribution in [0.1, 0.15) is 23.0 Å². The van der Waals surface area contributed by atoms with Gasteiger partial charge in [-0.1, -0.05) is 6.07 Å². The summed E-state index contributed by atoms with van der Waals surface area (Å²) < 4.78 is 15.8. The van der Waals surface area contributed by atoms with E-state index in [-0.39, 0.29) is 23.7 Å². The van der Waals surface area contributed by atoms with E-state index in [0.29, 0.717) is 18.8 Å². The van der Waals surface area contributed by atoms with Crippen LogP contribution in [-0.2, 0) is 6.54 Å². The molecule has 3 rings (SSSR count). The predicted molar refractivity (Wildman–Crippen MR) is 76.7 cm³/mol. The van der Waals surface area contributed by atoms with Gasteiger partial charge in [0.15, 0.2) is 22.5 Å². The molecule has 0 bridgehead atoms. The molecule has 1 aromatic heterocycles. The van der Waals surface area contributed by atoms with Crippen molar-refractivity contribution in [3.05, 3.63) is 46.9 Å². The van der Waals surface area contributed by atoms with E-state index in [1.807, 2.05) is 25.1 Å². The van der Waals surface area contributed by atoms with Gasteiger partial charge in [0.05, 0.1) is 0 Å². The lowest BCUT2D eigenvalue weighted by Gasteiger charge is -2.19. The summed E-state index contributed by atoms with van der Waals surface area (Å²) in [6, 6.07) is 8.78. The molecule has 0 N–H and O–H groups in total. The van der Waals surface area contributed by atoms with Gasteiger partial charge in [0, 0.05) is 13.1 Å². The van der Waals surface area contributed by atoms with Crippen LogP contribution in [-0.4, -0.2) is 24.1 Å². The Hall–Kier alpha value is -2.14. The Labute approximate surface area is 127 Å². The second-order valence-electron chi connectivity index (χ2n) is 4.61. The molecule has 0 saturated carbocycles. The van der Waals surface area contributed by atoms with Gasteiger partial charge >= 0.3 is 0 Å². The smallest absolute Gasteiger partial charge is 0.289 e. The second kappa shape index (κ2) is 5.69. The Morgan fingerprint density at radius 3 is 2.76 bits per heavy atom. The highest BCUT2D eigenvalue weighted by Crippen LogP contribution is 2.32. The number of halogens is 1. The molecule has 0 saturated heterocycles. The zero-order chi connectivity index (χ0) is 14.8. The van der Waals surface area contributed by atoms with Gasteiger partial charge in [0.25, 0.3) is 5.91 Å². The van der Waals surface area contributed by atoms with Crippen LogP contribution in [0.3, 0.4) is 0 Å². The van der Waals surface area contributed by atoms with Crippen molar-refractivity contribution < 1.29 is 18.7 Å². The number of amides is 1. The fourth-order valence-corrected chi connectivity index (χ4v) is 2.32. The fraction of sp³-hybridized carbons (Fsp3) is 0.267. The highest BCUT2D eigenvalue weighted by molar-refractivity contribution is 6.29. The van der Waals surface area contributed by atoms with Crippen molar-refractivity contribution in [1.29, 1.82) is 0 Å². The summed E-state index contributed by atoms with van der Waals surface area (Å²) in [6.45, 7) is 3.17. The van der Waals surface area contributed by atoms with Gasteiger partial charge < -0.3 is 18.8 Å². The number of carbonyl (C=O) groups excluding carboxylic acids is 1. The van der Waals surface area contributed by atoms with Crippen LogP contribution in [0.4, 0.5) is 0 Å². The molecule has 0 atom stereocenters. The first-order chi connectivity index (χ1) is 10.2. The van der Waals surface area contributed by atoms with E-state index in [4.69, 9.17) is 25.5 Å². The normalized spacial score (nSPS) is 12.5. The molecule has 0 spiro atoms. The monoisotopic (exact) mass is 307 g/mol. The molecule has 6 heteroatoms. The molecule has 1 aliphatic rings. The van der Waals surface area contributed by atoms with Gasteiger partial charge in [0.2, 0.25) is 6.79 Å². The number of rotatable bonds is 4. The van der Waals surface area contributed by atoms with Crippen LogP contribution in [0.15, 0.2) is 34.7 Å². The molecule has 2 aromatic rings. The molecule has 2 heterocycles. The second-order valence-corrected chi connectivity index (χ2v) is 4.98. The molecule has 1 aromatic carbocycles. The van der Waals surface area contributed by atoms with Crippen LogP contribution in [0.5, 0.6) is 11.5 Å². The van der Waals surface area contributed by atoms with Gasteiger partial charge in [-0.3, -0.25) is 4.79 Å².